The largest absolute Gasteiger partial charge is 0.481 e. The molecule has 0 radical (unpaired) electrons. The Morgan fingerprint density at radius 3 is 2.90 bits per heavy atom. The van der Waals surface area contributed by atoms with Crippen LogP contribution in [0.25, 0.3) is 0 Å². The van der Waals surface area contributed by atoms with Crippen molar-refractivity contribution in [1.29, 1.82) is 0 Å². The van der Waals surface area contributed by atoms with Gasteiger partial charge < -0.3 is 15.0 Å². The highest BCUT2D eigenvalue weighted by Crippen LogP contribution is 2.19. The van der Waals surface area contributed by atoms with Crippen molar-refractivity contribution < 1.29 is 14.3 Å². The van der Waals surface area contributed by atoms with Gasteiger partial charge in [0, 0.05) is 24.7 Å². The Morgan fingerprint density at radius 2 is 2.24 bits per heavy atom. The number of pyridine rings is 1. The summed E-state index contributed by atoms with van der Waals surface area (Å²) in [7, 11) is 1.55. The van der Waals surface area contributed by atoms with Crippen LogP contribution in [0.15, 0.2) is 18.3 Å². The van der Waals surface area contributed by atoms with Gasteiger partial charge >= 0.3 is 0 Å². The summed E-state index contributed by atoms with van der Waals surface area (Å²) in [6, 6.07) is 3.22. The van der Waals surface area contributed by atoms with Gasteiger partial charge in [-0.05, 0) is 12.0 Å². The molecule has 1 saturated heterocycles. The molecule has 1 aromatic rings. The fraction of sp³-hybridized carbons (Fsp3) is 0.533. The lowest BCUT2D eigenvalue weighted by Crippen LogP contribution is -2.47. The molecule has 1 aliphatic heterocycles. The number of hydrogen-bond donors (Lipinski definition) is 1. The van der Waals surface area contributed by atoms with Gasteiger partial charge in [-0.1, -0.05) is 19.9 Å². The molecule has 0 aromatic carbocycles. The molecule has 114 valence electrons. The van der Waals surface area contributed by atoms with E-state index in [2.05, 4.69) is 10.3 Å². The molecule has 1 aromatic heterocycles. The van der Waals surface area contributed by atoms with E-state index >= 15 is 0 Å². The number of carbonyl (C=O) groups excluding carboxylic acids is 2. The lowest BCUT2D eigenvalue weighted by molar-refractivity contribution is -0.135. The third-order valence-corrected chi connectivity index (χ3v) is 3.57. The van der Waals surface area contributed by atoms with Gasteiger partial charge in [0.2, 0.25) is 17.7 Å². The highest BCUT2D eigenvalue weighted by atomic mass is 16.5. The summed E-state index contributed by atoms with van der Waals surface area (Å²) < 4.78 is 5.22. The summed E-state index contributed by atoms with van der Waals surface area (Å²) in [6.07, 6.45) is 1.96. The average Bonchev–Trinajstić information content (AvgIpc) is 2.61. The van der Waals surface area contributed by atoms with Crippen LogP contribution < -0.4 is 10.1 Å². The summed E-state index contributed by atoms with van der Waals surface area (Å²) in [5, 5.41) is 2.80. The van der Waals surface area contributed by atoms with Gasteiger partial charge in [-0.25, -0.2) is 4.98 Å². The maximum absolute atomic E-state index is 12.6. The Hall–Kier alpha value is -2.11. The van der Waals surface area contributed by atoms with Crippen molar-refractivity contribution in [2.24, 2.45) is 5.92 Å². The highest BCUT2D eigenvalue weighted by Gasteiger charge is 2.32. The molecule has 1 N–H and O–H groups in total. The van der Waals surface area contributed by atoms with Gasteiger partial charge in [-0.3, -0.25) is 9.59 Å². The Labute approximate surface area is 124 Å². The molecule has 6 heteroatoms. The normalized spacial score (nSPS) is 19.4. The van der Waals surface area contributed by atoms with E-state index < -0.39 is 6.04 Å². The smallest absolute Gasteiger partial charge is 0.245 e. The van der Waals surface area contributed by atoms with Crippen molar-refractivity contribution in [1.82, 2.24) is 15.2 Å². The van der Waals surface area contributed by atoms with Gasteiger partial charge in [-0.15, -0.1) is 0 Å². The van der Waals surface area contributed by atoms with Gasteiger partial charge in [0.25, 0.3) is 0 Å². The van der Waals surface area contributed by atoms with Crippen molar-refractivity contribution >= 4 is 11.8 Å². The number of ether oxygens (including phenoxy) is 1. The van der Waals surface area contributed by atoms with E-state index in [1.807, 2.05) is 26.0 Å². The van der Waals surface area contributed by atoms with E-state index in [4.69, 9.17) is 4.74 Å². The molecule has 0 saturated carbocycles. The van der Waals surface area contributed by atoms with Crippen LogP contribution in [0, 0.1) is 5.92 Å². The van der Waals surface area contributed by atoms with E-state index in [-0.39, 0.29) is 17.7 Å². The number of amides is 2. The highest BCUT2D eigenvalue weighted by molar-refractivity contribution is 5.90. The molecule has 2 heterocycles. The summed E-state index contributed by atoms with van der Waals surface area (Å²) in [4.78, 5) is 30.2. The maximum Gasteiger partial charge on any atom is 0.245 e. The molecule has 1 unspecified atom stereocenters. The lowest BCUT2D eigenvalue weighted by atomic mass is 10.0. The van der Waals surface area contributed by atoms with Crippen LogP contribution in [0.4, 0.5) is 0 Å². The number of hydrogen-bond acceptors (Lipinski definition) is 4. The Balaban J connectivity index is 2.21. The third kappa shape index (κ3) is 3.51. The SMILES string of the molecule is COc1ncccc1CN1CCC(=O)NC(C(C)C)C1=O. The number of nitrogens with zero attached hydrogens (tertiary/aromatic N) is 2. The summed E-state index contributed by atoms with van der Waals surface area (Å²) in [5.74, 6) is 0.428. The fourth-order valence-electron chi connectivity index (χ4n) is 2.39. The molecule has 1 atom stereocenters. The quantitative estimate of drug-likeness (QED) is 0.897. The first-order valence-corrected chi connectivity index (χ1v) is 7.09. The molecule has 1 aliphatic rings. The summed E-state index contributed by atoms with van der Waals surface area (Å²) in [6.45, 7) is 4.66. The van der Waals surface area contributed by atoms with E-state index in [9.17, 15) is 9.59 Å². The zero-order chi connectivity index (χ0) is 15.4. The van der Waals surface area contributed by atoms with Crippen LogP contribution in [0.3, 0.4) is 0 Å². The van der Waals surface area contributed by atoms with E-state index in [1.54, 1.807) is 18.2 Å². The third-order valence-electron chi connectivity index (χ3n) is 3.57. The Bertz CT molecular complexity index is 531. The van der Waals surface area contributed by atoms with Gasteiger partial charge in [0.15, 0.2) is 0 Å². The predicted octanol–water partition coefficient (Wildman–Crippen LogP) is 0.963. The topological polar surface area (TPSA) is 71.5 Å². The van der Waals surface area contributed by atoms with Crippen LogP contribution in [-0.4, -0.2) is 41.4 Å². The van der Waals surface area contributed by atoms with Gasteiger partial charge in [0.05, 0.1) is 13.7 Å². The van der Waals surface area contributed by atoms with Crippen LogP contribution >= 0.6 is 0 Å². The van der Waals surface area contributed by atoms with Crippen molar-refractivity contribution in [3.8, 4) is 5.88 Å². The van der Waals surface area contributed by atoms with Gasteiger partial charge in [0.1, 0.15) is 6.04 Å². The number of nitrogens with one attached hydrogen (secondary N) is 1. The maximum atomic E-state index is 12.6. The number of rotatable bonds is 4. The van der Waals surface area contributed by atoms with Crippen LogP contribution in [0.5, 0.6) is 5.88 Å². The molecule has 2 amide bonds. The minimum absolute atomic E-state index is 0.0536. The minimum atomic E-state index is -0.470. The molecular weight excluding hydrogens is 270 g/mol. The average molecular weight is 291 g/mol. The fourth-order valence-corrected chi connectivity index (χ4v) is 2.39. The zero-order valence-electron chi connectivity index (χ0n) is 12.6. The first-order valence-electron chi connectivity index (χ1n) is 7.09. The molecule has 2 rings (SSSR count). The van der Waals surface area contributed by atoms with E-state index in [0.717, 1.165) is 5.56 Å². The lowest BCUT2D eigenvalue weighted by Gasteiger charge is -2.26. The molecule has 0 bridgehead atoms. The van der Waals surface area contributed by atoms with Crippen molar-refractivity contribution in [2.75, 3.05) is 13.7 Å². The minimum Gasteiger partial charge on any atom is -0.481 e. The molecule has 21 heavy (non-hydrogen) atoms. The second-order valence-electron chi connectivity index (χ2n) is 5.47. The van der Waals surface area contributed by atoms with Crippen LogP contribution in [-0.2, 0) is 16.1 Å². The standard InChI is InChI=1S/C15H21N3O3/c1-10(2)13-15(20)18(8-6-12(19)17-13)9-11-5-4-7-16-14(11)21-3/h4-5,7,10,13H,6,8-9H2,1-3H3,(H,17,19). The predicted molar refractivity (Wildman–Crippen MR) is 77.6 cm³/mol. The summed E-state index contributed by atoms with van der Waals surface area (Å²) in [5.41, 5.74) is 0.838. The van der Waals surface area contributed by atoms with Crippen LogP contribution in [0.1, 0.15) is 25.8 Å². The van der Waals surface area contributed by atoms with Crippen LogP contribution in [0.2, 0.25) is 0 Å². The van der Waals surface area contributed by atoms with E-state index in [0.29, 0.717) is 25.4 Å². The number of carbonyl (C=O) groups is 2. The monoisotopic (exact) mass is 291 g/mol. The molecule has 6 nitrogen and oxygen atoms in total. The molecule has 0 spiro atoms. The van der Waals surface area contributed by atoms with E-state index in [1.165, 1.54) is 0 Å². The summed E-state index contributed by atoms with van der Waals surface area (Å²) >= 11 is 0. The second kappa shape index (κ2) is 6.56. The number of aromatic nitrogens is 1. The van der Waals surface area contributed by atoms with Gasteiger partial charge in [-0.2, -0.15) is 0 Å². The number of methoxy groups -OCH3 is 1. The molecule has 0 aliphatic carbocycles. The first-order chi connectivity index (χ1) is 10.0. The first kappa shape index (κ1) is 15.3. The van der Waals surface area contributed by atoms with Crippen molar-refractivity contribution in [3.05, 3.63) is 23.9 Å². The zero-order valence-corrected chi connectivity index (χ0v) is 12.6. The molecule has 1 fully saturated rings. The Morgan fingerprint density at radius 1 is 1.48 bits per heavy atom. The second-order valence-corrected chi connectivity index (χ2v) is 5.47. The van der Waals surface area contributed by atoms with Crippen molar-refractivity contribution in [2.45, 2.75) is 32.9 Å². The Kier molecular flexibility index (Phi) is 4.77. The molecular formula is C15H21N3O3. The van der Waals surface area contributed by atoms with Crippen molar-refractivity contribution in [3.63, 3.8) is 0 Å².